The van der Waals surface area contributed by atoms with Crippen LogP contribution in [0, 0.1) is 5.41 Å². The van der Waals surface area contributed by atoms with Gasteiger partial charge in [0.2, 0.25) is 10.0 Å². The molecular formula is C15H29N3O2S. The van der Waals surface area contributed by atoms with Gasteiger partial charge in [0.25, 0.3) is 0 Å². The zero-order valence-electron chi connectivity index (χ0n) is 14.0. The number of nitrogens with one attached hydrogen (secondary N) is 2. The van der Waals surface area contributed by atoms with Gasteiger partial charge in [0.15, 0.2) is 0 Å². The summed E-state index contributed by atoms with van der Waals surface area (Å²) in [5, 5.41) is 3.07. The first kappa shape index (κ1) is 18.2. The first-order valence-electron chi connectivity index (χ1n) is 7.42. The molecule has 0 aliphatic carbocycles. The van der Waals surface area contributed by atoms with E-state index in [0.29, 0.717) is 18.0 Å². The second kappa shape index (κ2) is 6.94. The van der Waals surface area contributed by atoms with Crippen molar-refractivity contribution in [3.05, 3.63) is 18.0 Å². The first-order chi connectivity index (χ1) is 9.57. The van der Waals surface area contributed by atoms with Gasteiger partial charge in [-0.2, -0.15) is 0 Å². The van der Waals surface area contributed by atoms with E-state index in [9.17, 15) is 8.42 Å². The monoisotopic (exact) mass is 315 g/mol. The van der Waals surface area contributed by atoms with Crippen LogP contribution < -0.4 is 10.0 Å². The molecule has 0 bridgehead atoms. The largest absolute Gasteiger partial charge is 0.346 e. The highest BCUT2D eigenvalue weighted by molar-refractivity contribution is 7.89. The Labute approximate surface area is 129 Å². The molecular weight excluding hydrogens is 286 g/mol. The number of aromatic nitrogens is 1. The summed E-state index contributed by atoms with van der Waals surface area (Å²) in [5.41, 5.74) is 1.09. The van der Waals surface area contributed by atoms with Crippen molar-refractivity contribution in [3.8, 4) is 0 Å². The molecule has 1 aromatic heterocycles. The molecule has 6 heteroatoms. The van der Waals surface area contributed by atoms with Crippen LogP contribution in [-0.2, 0) is 16.6 Å². The fourth-order valence-electron chi connectivity index (χ4n) is 2.09. The van der Waals surface area contributed by atoms with Crippen LogP contribution in [0.4, 0.5) is 0 Å². The third-order valence-corrected chi connectivity index (χ3v) is 4.73. The molecule has 0 saturated heterocycles. The number of rotatable bonds is 7. The maximum Gasteiger partial charge on any atom is 0.242 e. The average molecular weight is 315 g/mol. The van der Waals surface area contributed by atoms with Crippen molar-refractivity contribution >= 4 is 10.0 Å². The minimum atomic E-state index is -3.43. The van der Waals surface area contributed by atoms with Crippen molar-refractivity contribution in [2.45, 2.75) is 58.5 Å². The van der Waals surface area contributed by atoms with Crippen molar-refractivity contribution in [2.75, 3.05) is 13.6 Å². The molecule has 1 rings (SSSR count). The zero-order valence-corrected chi connectivity index (χ0v) is 14.8. The van der Waals surface area contributed by atoms with Crippen LogP contribution in [0.3, 0.4) is 0 Å². The van der Waals surface area contributed by atoms with Gasteiger partial charge in [-0.1, -0.05) is 20.8 Å². The number of hydrogen-bond acceptors (Lipinski definition) is 3. The van der Waals surface area contributed by atoms with Crippen LogP contribution in [0.5, 0.6) is 0 Å². The molecule has 122 valence electrons. The lowest BCUT2D eigenvalue weighted by Crippen LogP contribution is -2.27. The van der Waals surface area contributed by atoms with Crippen LogP contribution in [0.15, 0.2) is 17.2 Å². The molecule has 0 radical (unpaired) electrons. The molecule has 0 saturated carbocycles. The quantitative estimate of drug-likeness (QED) is 0.812. The maximum absolute atomic E-state index is 12.4. The highest BCUT2D eigenvalue weighted by Gasteiger charge is 2.20. The van der Waals surface area contributed by atoms with E-state index >= 15 is 0 Å². The van der Waals surface area contributed by atoms with Gasteiger partial charge in [-0.05, 0) is 38.8 Å². The van der Waals surface area contributed by atoms with E-state index in [1.165, 1.54) is 0 Å². The van der Waals surface area contributed by atoms with Gasteiger partial charge in [-0.3, -0.25) is 0 Å². The Morgan fingerprint density at radius 2 is 1.90 bits per heavy atom. The molecule has 0 aromatic carbocycles. The molecule has 0 fully saturated rings. The normalized spacial score (nSPS) is 13.1. The fraction of sp³-hybridized carbons (Fsp3) is 0.733. The van der Waals surface area contributed by atoms with Crippen LogP contribution in [0.25, 0.3) is 0 Å². The molecule has 1 heterocycles. The second-order valence-corrected chi connectivity index (χ2v) is 8.67. The van der Waals surface area contributed by atoms with Crippen LogP contribution in [0.1, 0.15) is 52.8 Å². The van der Waals surface area contributed by atoms with Crippen molar-refractivity contribution in [1.29, 1.82) is 0 Å². The first-order valence-corrected chi connectivity index (χ1v) is 8.90. The van der Waals surface area contributed by atoms with E-state index in [2.05, 4.69) is 30.8 Å². The van der Waals surface area contributed by atoms with Gasteiger partial charge in [0.1, 0.15) is 0 Å². The van der Waals surface area contributed by atoms with E-state index in [0.717, 1.165) is 12.1 Å². The lowest BCUT2D eigenvalue weighted by molar-refractivity contribution is 0.378. The summed E-state index contributed by atoms with van der Waals surface area (Å²) < 4.78 is 29.4. The summed E-state index contributed by atoms with van der Waals surface area (Å²) in [5.74, 6) is 0. The van der Waals surface area contributed by atoms with Gasteiger partial charge in [0.05, 0.1) is 4.90 Å². The molecule has 0 aliphatic rings. The van der Waals surface area contributed by atoms with E-state index in [-0.39, 0.29) is 11.5 Å². The van der Waals surface area contributed by atoms with E-state index < -0.39 is 10.0 Å². The number of nitrogens with zero attached hydrogens (tertiary/aromatic N) is 1. The van der Waals surface area contributed by atoms with Crippen molar-refractivity contribution in [1.82, 2.24) is 14.6 Å². The highest BCUT2D eigenvalue weighted by atomic mass is 32.2. The minimum absolute atomic E-state index is 0.115. The molecule has 1 aromatic rings. The zero-order chi connectivity index (χ0) is 16.3. The second-order valence-electron chi connectivity index (χ2n) is 6.91. The Bertz CT molecular complexity index is 554. The minimum Gasteiger partial charge on any atom is -0.346 e. The summed E-state index contributed by atoms with van der Waals surface area (Å²) in [4.78, 5) is 0.343. The highest BCUT2D eigenvalue weighted by Crippen LogP contribution is 2.20. The van der Waals surface area contributed by atoms with Gasteiger partial charge < -0.3 is 9.88 Å². The molecule has 0 spiro atoms. The third kappa shape index (κ3) is 5.45. The van der Waals surface area contributed by atoms with E-state index in [1.807, 2.05) is 25.5 Å². The van der Waals surface area contributed by atoms with E-state index in [1.54, 1.807) is 12.3 Å². The van der Waals surface area contributed by atoms with Gasteiger partial charge >= 0.3 is 0 Å². The van der Waals surface area contributed by atoms with E-state index in [4.69, 9.17) is 0 Å². The average Bonchev–Trinajstić information content (AvgIpc) is 2.72. The number of hydrogen-bond donors (Lipinski definition) is 2. The smallest absolute Gasteiger partial charge is 0.242 e. The molecule has 0 aliphatic heterocycles. The molecule has 2 N–H and O–H groups in total. The van der Waals surface area contributed by atoms with Crippen molar-refractivity contribution in [2.24, 2.45) is 5.41 Å². The predicted octanol–water partition coefficient (Wildman–Crippen LogP) is 2.50. The van der Waals surface area contributed by atoms with Gasteiger partial charge in [0, 0.05) is 31.0 Å². The standard InChI is InChI=1S/C15H29N3O2S/c1-12(2)18-11-14(9-13(18)10-16-6)21(19,20)17-8-7-15(3,4)5/h9,11-12,16-17H,7-8,10H2,1-6H3. The molecule has 21 heavy (non-hydrogen) atoms. The molecule has 0 atom stereocenters. The fourth-order valence-corrected chi connectivity index (χ4v) is 3.17. The topological polar surface area (TPSA) is 63.1 Å². The summed E-state index contributed by atoms with van der Waals surface area (Å²) in [6.45, 7) is 11.5. The van der Waals surface area contributed by atoms with Crippen molar-refractivity contribution < 1.29 is 8.42 Å². The van der Waals surface area contributed by atoms with Gasteiger partial charge in [-0.15, -0.1) is 0 Å². The Morgan fingerprint density at radius 3 is 2.38 bits per heavy atom. The molecule has 5 nitrogen and oxygen atoms in total. The summed E-state index contributed by atoms with van der Waals surface area (Å²) in [6.07, 6.45) is 2.53. The predicted molar refractivity (Wildman–Crippen MR) is 86.8 cm³/mol. The lowest BCUT2D eigenvalue weighted by atomic mass is 9.93. The van der Waals surface area contributed by atoms with Gasteiger partial charge in [-0.25, -0.2) is 13.1 Å². The Morgan fingerprint density at radius 1 is 1.29 bits per heavy atom. The SMILES string of the molecule is CNCc1cc(S(=O)(=O)NCCC(C)(C)C)cn1C(C)C. The molecule has 0 amide bonds. The summed E-state index contributed by atoms with van der Waals surface area (Å²) in [7, 11) is -1.58. The Balaban J connectivity index is 2.90. The Hall–Kier alpha value is -0.850. The maximum atomic E-state index is 12.4. The molecule has 0 unspecified atom stereocenters. The summed E-state index contributed by atoms with van der Waals surface area (Å²) >= 11 is 0. The Kier molecular flexibility index (Phi) is 6.01. The van der Waals surface area contributed by atoms with Crippen LogP contribution in [-0.4, -0.2) is 26.6 Å². The lowest BCUT2D eigenvalue weighted by Gasteiger charge is -2.17. The van der Waals surface area contributed by atoms with Crippen LogP contribution >= 0.6 is 0 Å². The third-order valence-electron chi connectivity index (χ3n) is 3.30. The number of sulfonamides is 1. The van der Waals surface area contributed by atoms with Crippen LogP contribution in [0.2, 0.25) is 0 Å². The van der Waals surface area contributed by atoms with Crippen molar-refractivity contribution in [3.63, 3.8) is 0 Å². The summed E-state index contributed by atoms with van der Waals surface area (Å²) in [6, 6.07) is 1.97.